The number of carbonyl (C=O) groups excluding carboxylic acids is 1. The molecular formula is C9H19NO3S. The Labute approximate surface area is 86.3 Å². The minimum atomic E-state index is -3.18. The SMILES string of the molecule is CC.CC(=O)[C@@H]1CCCN1S(C)(=O)=O. The van der Waals surface area contributed by atoms with Gasteiger partial charge < -0.3 is 0 Å². The van der Waals surface area contributed by atoms with Crippen LogP contribution in [0.2, 0.25) is 0 Å². The summed E-state index contributed by atoms with van der Waals surface area (Å²) in [5, 5.41) is 0. The normalized spacial score (nSPS) is 22.7. The van der Waals surface area contributed by atoms with Gasteiger partial charge in [-0.15, -0.1) is 0 Å². The van der Waals surface area contributed by atoms with Crippen LogP contribution in [0.4, 0.5) is 0 Å². The van der Waals surface area contributed by atoms with Crippen LogP contribution in [-0.2, 0) is 14.8 Å². The molecule has 0 unspecified atom stereocenters. The van der Waals surface area contributed by atoms with Crippen LogP contribution in [0.5, 0.6) is 0 Å². The summed E-state index contributed by atoms with van der Waals surface area (Å²) in [6, 6.07) is -0.403. The van der Waals surface area contributed by atoms with Crippen LogP contribution in [0.25, 0.3) is 0 Å². The second kappa shape index (κ2) is 5.46. The molecule has 0 aromatic heterocycles. The van der Waals surface area contributed by atoms with Crippen molar-refractivity contribution in [3.8, 4) is 0 Å². The second-order valence-electron chi connectivity index (χ2n) is 3.14. The van der Waals surface area contributed by atoms with Crippen LogP contribution in [0, 0.1) is 0 Å². The fraction of sp³-hybridized carbons (Fsp3) is 0.889. The quantitative estimate of drug-likeness (QED) is 0.699. The Bertz CT molecular complexity index is 284. The minimum absolute atomic E-state index is 0.0575. The lowest BCUT2D eigenvalue weighted by Crippen LogP contribution is -2.38. The largest absolute Gasteiger partial charge is 0.298 e. The predicted octanol–water partition coefficient (Wildman–Crippen LogP) is 1.03. The van der Waals surface area contributed by atoms with Crippen molar-refractivity contribution in [1.82, 2.24) is 4.31 Å². The second-order valence-corrected chi connectivity index (χ2v) is 5.08. The van der Waals surface area contributed by atoms with Gasteiger partial charge in [0.1, 0.15) is 5.78 Å². The molecule has 4 nitrogen and oxygen atoms in total. The Morgan fingerprint density at radius 2 is 1.86 bits per heavy atom. The lowest BCUT2D eigenvalue weighted by molar-refractivity contribution is -0.119. The van der Waals surface area contributed by atoms with Crippen molar-refractivity contribution >= 4 is 15.8 Å². The Morgan fingerprint density at radius 1 is 1.36 bits per heavy atom. The first kappa shape index (κ1) is 13.6. The van der Waals surface area contributed by atoms with Gasteiger partial charge in [-0.3, -0.25) is 4.79 Å². The Morgan fingerprint density at radius 3 is 2.14 bits per heavy atom. The van der Waals surface area contributed by atoms with Crippen molar-refractivity contribution in [2.75, 3.05) is 12.8 Å². The summed E-state index contributed by atoms with van der Waals surface area (Å²) in [7, 11) is -3.18. The molecule has 1 heterocycles. The van der Waals surface area contributed by atoms with Gasteiger partial charge in [-0.1, -0.05) is 13.8 Å². The third-order valence-corrected chi connectivity index (χ3v) is 3.39. The molecule has 0 radical (unpaired) electrons. The van der Waals surface area contributed by atoms with Crippen LogP contribution < -0.4 is 0 Å². The van der Waals surface area contributed by atoms with Gasteiger partial charge in [0.05, 0.1) is 12.3 Å². The Hall–Kier alpha value is -0.420. The highest BCUT2D eigenvalue weighted by molar-refractivity contribution is 7.88. The maximum Gasteiger partial charge on any atom is 0.211 e. The summed E-state index contributed by atoms with van der Waals surface area (Å²) >= 11 is 0. The highest BCUT2D eigenvalue weighted by Gasteiger charge is 2.33. The van der Waals surface area contributed by atoms with Crippen LogP contribution in [0.3, 0.4) is 0 Å². The van der Waals surface area contributed by atoms with Gasteiger partial charge in [0.2, 0.25) is 10.0 Å². The Kier molecular flexibility index (Phi) is 5.29. The number of hydrogen-bond acceptors (Lipinski definition) is 3. The van der Waals surface area contributed by atoms with E-state index in [9.17, 15) is 13.2 Å². The zero-order valence-electron chi connectivity index (χ0n) is 9.28. The summed E-state index contributed by atoms with van der Waals surface area (Å²) in [5.41, 5.74) is 0. The molecule has 0 aromatic carbocycles. The van der Waals surface area contributed by atoms with Crippen molar-refractivity contribution in [2.45, 2.75) is 39.7 Å². The number of hydrogen-bond donors (Lipinski definition) is 0. The molecule has 1 atom stereocenters. The maximum atomic E-state index is 11.1. The molecule has 1 rings (SSSR count). The van der Waals surface area contributed by atoms with Gasteiger partial charge in [-0.2, -0.15) is 4.31 Å². The number of sulfonamides is 1. The standard InChI is InChI=1S/C7H13NO3S.C2H6/c1-6(9)7-4-3-5-8(7)12(2,10)11;1-2/h7H,3-5H2,1-2H3;1-2H3/t7-;/m0./s1. The molecule has 1 aliphatic rings. The number of rotatable bonds is 2. The third kappa shape index (κ3) is 3.38. The topological polar surface area (TPSA) is 54.5 Å². The maximum absolute atomic E-state index is 11.1. The highest BCUT2D eigenvalue weighted by Crippen LogP contribution is 2.20. The minimum Gasteiger partial charge on any atom is -0.298 e. The zero-order chi connectivity index (χ0) is 11.4. The average molecular weight is 221 g/mol. The van der Waals surface area contributed by atoms with Gasteiger partial charge in [0.25, 0.3) is 0 Å². The van der Waals surface area contributed by atoms with E-state index < -0.39 is 16.1 Å². The van der Waals surface area contributed by atoms with Crippen LogP contribution in [0.15, 0.2) is 0 Å². The summed E-state index contributed by atoms with van der Waals surface area (Å²) in [6.07, 6.45) is 2.61. The van der Waals surface area contributed by atoms with E-state index in [0.29, 0.717) is 13.0 Å². The van der Waals surface area contributed by atoms with E-state index in [1.54, 1.807) is 0 Å². The van der Waals surface area contributed by atoms with E-state index in [-0.39, 0.29) is 5.78 Å². The average Bonchev–Trinajstić information content (AvgIpc) is 2.54. The smallest absolute Gasteiger partial charge is 0.211 e. The Balaban J connectivity index is 0.000000791. The fourth-order valence-corrected chi connectivity index (χ4v) is 2.72. The van der Waals surface area contributed by atoms with Crippen molar-refractivity contribution in [2.24, 2.45) is 0 Å². The van der Waals surface area contributed by atoms with Crippen molar-refractivity contribution in [1.29, 1.82) is 0 Å². The summed E-state index contributed by atoms with van der Waals surface area (Å²) in [5.74, 6) is -0.0575. The number of nitrogens with zero attached hydrogens (tertiary/aromatic N) is 1. The van der Waals surface area contributed by atoms with E-state index in [1.807, 2.05) is 13.8 Å². The van der Waals surface area contributed by atoms with E-state index in [2.05, 4.69) is 0 Å². The molecule has 0 spiro atoms. The molecule has 0 saturated carbocycles. The van der Waals surface area contributed by atoms with Crippen LogP contribution in [-0.4, -0.2) is 37.3 Å². The third-order valence-electron chi connectivity index (χ3n) is 2.10. The predicted molar refractivity (Wildman–Crippen MR) is 56.6 cm³/mol. The van der Waals surface area contributed by atoms with Gasteiger partial charge in [0.15, 0.2) is 0 Å². The first-order valence-electron chi connectivity index (χ1n) is 4.90. The van der Waals surface area contributed by atoms with Crippen molar-refractivity contribution in [3.63, 3.8) is 0 Å². The van der Waals surface area contributed by atoms with E-state index in [0.717, 1.165) is 12.7 Å². The molecule has 1 fully saturated rings. The van der Waals surface area contributed by atoms with E-state index in [1.165, 1.54) is 11.2 Å². The zero-order valence-corrected chi connectivity index (χ0v) is 10.1. The molecule has 0 N–H and O–H groups in total. The molecule has 0 amide bonds. The summed E-state index contributed by atoms with van der Waals surface area (Å²) in [4.78, 5) is 11.0. The molecule has 84 valence electrons. The molecule has 0 aromatic rings. The molecular weight excluding hydrogens is 202 g/mol. The van der Waals surface area contributed by atoms with E-state index >= 15 is 0 Å². The molecule has 0 bridgehead atoms. The first-order chi connectivity index (χ1) is 6.43. The van der Waals surface area contributed by atoms with Crippen LogP contribution >= 0.6 is 0 Å². The number of carbonyl (C=O) groups is 1. The van der Waals surface area contributed by atoms with Gasteiger partial charge in [0, 0.05) is 6.54 Å². The molecule has 1 aliphatic heterocycles. The number of Topliss-reactive ketones (excluding diaryl/α,β-unsaturated/α-hetero) is 1. The lowest BCUT2D eigenvalue weighted by atomic mass is 10.2. The van der Waals surface area contributed by atoms with Crippen molar-refractivity contribution < 1.29 is 13.2 Å². The lowest BCUT2D eigenvalue weighted by Gasteiger charge is -2.18. The highest BCUT2D eigenvalue weighted by atomic mass is 32.2. The van der Waals surface area contributed by atoms with E-state index in [4.69, 9.17) is 0 Å². The first-order valence-corrected chi connectivity index (χ1v) is 6.75. The summed E-state index contributed by atoms with van der Waals surface area (Å²) < 4.78 is 23.5. The van der Waals surface area contributed by atoms with Crippen molar-refractivity contribution in [3.05, 3.63) is 0 Å². The van der Waals surface area contributed by atoms with Gasteiger partial charge in [-0.25, -0.2) is 8.42 Å². The molecule has 14 heavy (non-hydrogen) atoms. The number of ketones is 1. The molecule has 0 aliphatic carbocycles. The van der Waals surface area contributed by atoms with Gasteiger partial charge in [-0.05, 0) is 19.8 Å². The summed E-state index contributed by atoms with van der Waals surface area (Å²) in [6.45, 7) is 5.93. The van der Waals surface area contributed by atoms with Gasteiger partial charge >= 0.3 is 0 Å². The van der Waals surface area contributed by atoms with Crippen LogP contribution in [0.1, 0.15) is 33.6 Å². The molecule has 1 saturated heterocycles. The molecule has 5 heteroatoms. The monoisotopic (exact) mass is 221 g/mol. The fourth-order valence-electron chi connectivity index (χ4n) is 1.54.